The van der Waals surface area contributed by atoms with Gasteiger partial charge in [-0.3, -0.25) is 14.5 Å². The molecular weight excluding hydrogens is 526 g/mol. The van der Waals surface area contributed by atoms with Crippen molar-refractivity contribution in [2.75, 3.05) is 18.1 Å². The van der Waals surface area contributed by atoms with Gasteiger partial charge < -0.3 is 21.1 Å². The van der Waals surface area contributed by atoms with Gasteiger partial charge in [0, 0.05) is 22.9 Å². The molecule has 2 unspecified atom stereocenters. The number of hydrogen-bond donors (Lipinski definition) is 5. The maximum atomic E-state index is 13.2. The molecule has 2 aliphatic rings. The standard InChI is InChI=1S/C21H25N7O5S3/c1-2-3-6-22-21(33)25-14(12-5-4-7-34-12)17(29)24-15-18(30)28-16(20(31)32)11(10-36-19(15)28)9-35-13-8-23-27-26-13/h4-5,7-8,14-15,19H,2-3,6,9-10H2,1H3,(H,24,29)(H,31,32)(H2,22,25,33)(H,23,26,27)/t14?,15-,19?/m0/s1. The molecule has 4 heterocycles. The van der Waals surface area contributed by atoms with Gasteiger partial charge in [-0.15, -0.1) is 28.2 Å². The summed E-state index contributed by atoms with van der Waals surface area (Å²) in [5.41, 5.74) is 0.533. The van der Waals surface area contributed by atoms with E-state index in [9.17, 15) is 24.3 Å². The number of aromatic amines is 1. The monoisotopic (exact) mass is 551 g/mol. The molecule has 0 bridgehead atoms. The van der Waals surface area contributed by atoms with E-state index in [0.29, 0.717) is 33.5 Å². The predicted octanol–water partition coefficient (Wildman–Crippen LogP) is 1.54. The first kappa shape index (κ1) is 26.0. The number of nitrogens with zero attached hydrogens (tertiary/aromatic N) is 3. The first-order valence-electron chi connectivity index (χ1n) is 11.2. The molecule has 1 saturated heterocycles. The van der Waals surface area contributed by atoms with Gasteiger partial charge in [-0.1, -0.05) is 31.2 Å². The fourth-order valence-corrected chi connectivity index (χ4v) is 6.78. The third-order valence-electron chi connectivity index (χ3n) is 5.52. The van der Waals surface area contributed by atoms with E-state index in [1.54, 1.807) is 17.5 Å². The minimum atomic E-state index is -1.20. The maximum Gasteiger partial charge on any atom is 0.352 e. The van der Waals surface area contributed by atoms with E-state index in [2.05, 4.69) is 31.4 Å². The van der Waals surface area contributed by atoms with Crippen molar-refractivity contribution in [3.05, 3.63) is 39.9 Å². The number of carboxylic acid groups (broad SMARTS) is 1. The van der Waals surface area contributed by atoms with E-state index >= 15 is 0 Å². The highest BCUT2D eigenvalue weighted by atomic mass is 32.2. The third kappa shape index (κ3) is 5.68. The fourth-order valence-electron chi connectivity index (χ4n) is 3.73. The molecule has 0 aliphatic carbocycles. The topological polar surface area (TPSA) is 169 Å². The van der Waals surface area contributed by atoms with Gasteiger partial charge in [-0.2, -0.15) is 10.3 Å². The fraction of sp³-hybridized carbons (Fsp3) is 0.429. The number of carboxylic acids is 1. The van der Waals surface area contributed by atoms with Gasteiger partial charge in [0.25, 0.3) is 5.91 Å². The molecule has 0 radical (unpaired) electrons. The van der Waals surface area contributed by atoms with Gasteiger partial charge >= 0.3 is 12.0 Å². The second-order valence-corrected chi connectivity index (χ2v) is 11.0. The van der Waals surface area contributed by atoms with Gasteiger partial charge in [0.1, 0.15) is 28.2 Å². The van der Waals surface area contributed by atoms with Crippen molar-refractivity contribution in [2.45, 2.75) is 42.2 Å². The smallest absolute Gasteiger partial charge is 0.352 e. The summed E-state index contributed by atoms with van der Waals surface area (Å²) >= 11 is 4.01. The summed E-state index contributed by atoms with van der Waals surface area (Å²) in [4.78, 5) is 52.4. The number of unbranched alkanes of at least 4 members (excludes halogenated alkanes) is 1. The number of aliphatic carboxylic acids is 1. The van der Waals surface area contributed by atoms with Crippen LogP contribution in [0.4, 0.5) is 4.79 Å². The summed E-state index contributed by atoms with van der Waals surface area (Å²) in [6, 6.07) is 1.15. The van der Waals surface area contributed by atoms with Crippen LogP contribution in [0.15, 0.2) is 40.0 Å². The molecule has 36 heavy (non-hydrogen) atoms. The van der Waals surface area contributed by atoms with Crippen molar-refractivity contribution in [1.82, 2.24) is 36.3 Å². The Kier molecular flexibility index (Phi) is 8.53. The van der Waals surface area contributed by atoms with Crippen LogP contribution >= 0.6 is 34.9 Å². The number of nitrogens with one attached hydrogen (secondary N) is 4. The number of rotatable bonds is 11. The highest BCUT2D eigenvalue weighted by molar-refractivity contribution is 8.01. The highest BCUT2D eigenvalue weighted by Crippen LogP contribution is 2.41. The molecule has 4 rings (SSSR count). The lowest BCUT2D eigenvalue weighted by atomic mass is 10.0. The Balaban J connectivity index is 1.43. The summed E-state index contributed by atoms with van der Waals surface area (Å²) in [5.74, 6) is -1.50. The van der Waals surface area contributed by atoms with Crippen LogP contribution in [0.3, 0.4) is 0 Å². The van der Waals surface area contributed by atoms with Crippen LogP contribution in [0.1, 0.15) is 30.7 Å². The van der Waals surface area contributed by atoms with Crippen molar-refractivity contribution < 1.29 is 24.3 Å². The summed E-state index contributed by atoms with van der Waals surface area (Å²) in [6.45, 7) is 2.49. The van der Waals surface area contributed by atoms with Gasteiger partial charge in [0.15, 0.2) is 0 Å². The molecule has 2 aromatic rings. The molecule has 0 spiro atoms. The van der Waals surface area contributed by atoms with Crippen molar-refractivity contribution in [2.24, 2.45) is 0 Å². The Labute approximate surface area is 219 Å². The van der Waals surface area contributed by atoms with Gasteiger partial charge in [0.05, 0.1) is 6.20 Å². The van der Waals surface area contributed by atoms with Crippen molar-refractivity contribution in [1.29, 1.82) is 0 Å². The number of amides is 4. The first-order valence-corrected chi connectivity index (χ1v) is 14.1. The summed E-state index contributed by atoms with van der Waals surface area (Å²) in [5, 5.41) is 30.0. The largest absolute Gasteiger partial charge is 0.477 e. The minimum absolute atomic E-state index is 0.0616. The van der Waals surface area contributed by atoms with Gasteiger partial charge in [-0.25, -0.2) is 9.59 Å². The van der Waals surface area contributed by atoms with E-state index in [1.165, 1.54) is 46.0 Å². The molecule has 2 aromatic heterocycles. The van der Waals surface area contributed by atoms with Gasteiger partial charge in [-0.05, 0) is 23.4 Å². The van der Waals surface area contributed by atoms with E-state index in [-0.39, 0.29) is 5.70 Å². The number of hydrogen-bond acceptors (Lipinski definition) is 9. The highest BCUT2D eigenvalue weighted by Gasteiger charge is 2.54. The normalized spacial score (nSPS) is 19.8. The number of fused-ring (bicyclic) bond motifs is 1. The molecule has 4 amide bonds. The van der Waals surface area contributed by atoms with Crippen LogP contribution in [0.5, 0.6) is 0 Å². The molecule has 3 atom stereocenters. The average molecular weight is 552 g/mol. The van der Waals surface area contributed by atoms with Gasteiger partial charge in [0.2, 0.25) is 5.91 Å². The molecule has 0 saturated carbocycles. The second kappa shape index (κ2) is 11.8. The van der Waals surface area contributed by atoms with Crippen LogP contribution in [0.2, 0.25) is 0 Å². The number of carbonyl (C=O) groups excluding carboxylic acids is 3. The molecular formula is C21H25N7O5S3. The number of aromatic nitrogens is 3. The zero-order chi connectivity index (χ0) is 25.7. The number of carbonyl (C=O) groups is 4. The number of β-lactam (4-membered cyclic amide) rings is 1. The second-order valence-electron chi connectivity index (χ2n) is 7.95. The molecule has 1 fully saturated rings. The lowest BCUT2D eigenvalue weighted by molar-refractivity contribution is -0.150. The van der Waals surface area contributed by atoms with Crippen LogP contribution in [-0.2, 0) is 14.4 Å². The summed E-state index contributed by atoms with van der Waals surface area (Å²) < 4.78 is 0. The van der Waals surface area contributed by atoms with Crippen molar-refractivity contribution >= 4 is 58.7 Å². The lowest BCUT2D eigenvalue weighted by Gasteiger charge is -2.49. The number of urea groups is 1. The zero-order valence-corrected chi connectivity index (χ0v) is 21.7. The van der Waals surface area contributed by atoms with E-state index in [4.69, 9.17) is 0 Å². The number of H-pyrrole nitrogens is 1. The molecule has 15 heteroatoms. The molecule has 12 nitrogen and oxygen atoms in total. The number of thioether (sulfide) groups is 2. The van der Waals surface area contributed by atoms with Crippen molar-refractivity contribution in [3.63, 3.8) is 0 Å². The lowest BCUT2D eigenvalue weighted by Crippen LogP contribution is -2.71. The minimum Gasteiger partial charge on any atom is -0.477 e. The Hall–Kier alpha value is -3.04. The van der Waals surface area contributed by atoms with Crippen LogP contribution in [0.25, 0.3) is 0 Å². The summed E-state index contributed by atoms with van der Waals surface area (Å²) in [7, 11) is 0. The Morgan fingerprint density at radius 2 is 2.22 bits per heavy atom. The quantitative estimate of drug-likeness (QED) is 0.158. The third-order valence-corrected chi connectivity index (χ3v) is 8.78. The van der Waals surface area contributed by atoms with E-state index < -0.39 is 41.3 Å². The van der Waals surface area contributed by atoms with Crippen molar-refractivity contribution in [3.8, 4) is 0 Å². The average Bonchev–Trinajstić information content (AvgIpc) is 3.58. The predicted molar refractivity (Wildman–Crippen MR) is 135 cm³/mol. The van der Waals surface area contributed by atoms with Crippen LogP contribution in [-0.4, -0.2) is 78.7 Å². The molecule has 2 aliphatic heterocycles. The summed E-state index contributed by atoms with van der Waals surface area (Å²) in [6.07, 6.45) is 3.27. The maximum absolute atomic E-state index is 13.2. The Morgan fingerprint density at radius 3 is 2.89 bits per heavy atom. The van der Waals surface area contributed by atoms with Crippen LogP contribution in [0, 0.1) is 0 Å². The first-order chi connectivity index (χ1) is 17.4. The van der Waals surface area contributed by atoms with E-state index in [1.807, 2.05) is 6.92 Å². The molecule has 5 N–H and O–H groups in total. The molecule has 0 aromatic carbocycles. The SMILES string of the molecule is CCCCNC(=O)NC(C(=O)N[C@H]1C(=O)N2C(C(=O)O)=C(CSc3cn[nH]n3)CSC12)c1cccs1. The Bertz CT molecular complexity index is 1140. The Morgan fingerprint density at radius 1 is 1.39 bits per heavy atom. The zero-order valence-electron chi connectivity index (χ0n) is 19.2. The molecule has 192 valence electrons. The van der Waals surface area contributed by atoms with Crippen LogP contribution < -0.4 is 16.0 Å². The van der Waals surface area contributed by atoms with E-state index in [0.717, 1.165) is 12.8 Å². The number of thiophene rings is 1.